The second-order valence-corrected chi connectivity index (χ2v) is 3.91. The first-order chi connectivity index (χ1) is 7.49. The van der Waals surface area contributed by atoms with Gasteiger partial charge in [-0.3, -0.25) is 4.79 Å². The van der Waals surface area contributed by atoms with Crippen molar-refractivity contribution in [3.8, 4) is 0 Å². The summed E-state index contributed by atoms with van der Waals surface area (Å²) in [5.41, 5.74) is 7.59. The maximum absolute atomic E-state index is 10.8. The molecule has 1 atom stereocenters. The molecule has 0 aliphatic carbocycles. The normalized spacial score (nSPS) is 11.9. The number of hydrogen-bond acceptors (Lipinski definition) is 3. The van der Waals surface area contributed by atoms with E-state index >= 15 is 0 Å². The Bertz CT molecular complexity index is 384. The predicted molar refractivity (Wildman–Crippen MR) is 65.6 cm³/mol. The first-order valence-corrected chi connectivity index (χ1v) is 5.19. The third-order valence-electron chi connectivity index (χ3n) is 2.22. The molecule has 0 saturated heterocycles. The molecule has 16 heavy (non-hydrogen) atoms. The van der Waals surface area contributed by atoms with Crippen molar-refractivity contribution in [2.75, 3.05) is 5.73 Å². The SMILES string of the molecule is CC(=O)N[C@@H](C)CC(=N)c1ccc(N)cc1. The van der Waals surface area contributed by atoms with Crippen molar-refractivity contribution in [3.63, 3.8) is 0 Å². The second-order valence-electron chi connectivity index (χ2n) is 3.91. The minimum Gasteiger partial charge on any atom is -0.399 e. The van der Waals surface area contributed by atoms with Crippen molar-refractivity contribution in [3.05, 3.63) is 29.8 Å². The largest absolute Gasteiger partial charge is 0.399 e. The molecule has 1 aromatic rings. The molecule has 0 aliphatic heterocycles. The van der Waals surface area contributed by atoms with Gasteiger partial charge in [0, 0.05) is 30.8 Å². The maximum Gasteiger partial charge on any atom is 0.217 e. The summed E-state index contributed by atoms with van der Waals surface area (Å²) in [5.74, 6) is -0.0717. The highest BCUT2D eigenvalue weighted by molar-refractivity contribution is 5.98. The summed E-state index contributed by atoms with van der Waals surface area (Å²) >= 11 is 0. The van der Waals surface area contributed by atoms with Gasteiger partial charge < -0.3 is 16.5 Å². The van der Waals surface area contributed by atoms with Crippen LogP contribution in [0.5, 0.6) is 0 Å². The van der Waals surface area contributed by atoms with E-state index in [1.54, 1.807) is 12.1 Å². The quantitative estimate of drug-likeness (QED) is 0.530. The fourth-order valence-corrected chi connectivity index (χ4v) is 1.51. The number of nitrogen functional groups attached to an aromatic ring is 1. The van der Waals surface area contributed by atoms with E-state index in [2.05, 4.69) is 5.32 Å². The van der Waals surface area contributed by atoms with Crippen LogP contribution in [-0.2, 0) is 4.79 Å². The Labute approximate surface area is 95.4 Å². The van der Waals surface area contributed by atoms with E-state index in [0.29, 0.717) is 17.8 Å². The molecule has 4 N–H and O–H groups in total. The van der Waals surface area contributed by atoms with Crippen LogP contribution in [0.25, 0.3) is 0 Å². The van der Waals surface area contributed by atoms with E-state index in [4.69, 9.17) is 11.1 Å². The lowest BCUT2D eigenvalue weighted by Crippen LogP contribution is -2.32. The van der Waals surface area contributed by atoms with Crippen LogP contribution in [0.3, 0.4) is 0 Å². The van der Waals surface area contributed by atoms with Gasteiger partial charge in [0.1, 0.15) is 0 Å². The molecular weight excluding hydrogens is 202 g/mol. The zero-order chi connectivity index (χ0) is 12.1. The standard InChI is InChI=1S/C12H17N3O/c1-8(15-9(2)16)7-12(14)10-3-5-11(13)6-4-10/h3-6,8,14H,7,13H2,1-2H3,(H,15,16)/t8-/m0/s1. The molecule has 0 spiro atoms. The van der Waals surface area contributed by atoms with Gasteiger partial charge in [-0.2, -0.15) is 0 Å². The lowest BCUT2D eigenvalue weighted by atomic mass is 10.0. The summed E-state index contributed by atoms with van der Waals surface area (Å²) in [4.78, 5) is 10.8. The van der Waals surface area contributed by atoms with Crippen molar-refractivity contribution < 1.29 is 4.79 Å². The van der Waals surface area contributed by atoms with Crippen LogP contribution >= 0.6 is 0 Å². The van der Waals surface area contributed by atoms with Crippen LogP contribution in [-0.4, -0.2) is 17.7 Å². The first kappa shape index (κ1) is 12.2. The highest BCUT2D eigenvalue weighted by Crippen LogP contribution is 2.09. The molecule has 1 aromatic carbocycles. The van der Waals surface area contributed by atoms with Gasteiger partial charge in [-0.25, -0.2) is 0 Å². The summed E-state index contributed by atoms with van der Waals surface area (Å²) in [7, 11) is 0. The van der Waals surface area contributed by atoms with Gasteiger partial charge in [-0.1, -0.05) is 12.1 Å². The second kappa shape index (κ2) is 5.30. The summed E-state index contributed by atoms with van der Waals surface area (Å²) in [6.07, 6.45) is 0.517. The number of nitrogens with two attached hydrogens (primary N) is 1. The van der Waals surface area contributed by atoms with Gasteiger partial charge in [0.05, 0.1) is 0 Å². The Morgan fingerprint density at radius 2 is 2.00 bits per heavy atom. The van der Waals surface area contributed by atoms with E-state index in [1.165, 1.54) is 6.92 Å². The average molecular weight is 219 g/mol. The zero-order valence-corrected chi connectivity index (χ0v) is 9.58. The number of nitrogens with one attached hydrogen (secondary N) is 2. The van der Waals surface area contributed by atoms with Gasteiger partial charge >= 0.3 is 0 Å². The van der Waals surface area contributed by atoms with Gasteiger partial charge in [0.25, 0.3) is 0 Å². The molecule has 0 unspecified atom stereocenters. The molecule has 0 radical (unpaired) electrons. The molecule has 0 fully saturated rings. The number of anilines is 1. The molecule has 4 heteroatoms. The Hall–Kier alpha value is -1.84. The fourth-order valence-electron chi connectivity index (χ4n) is 1.51. The number of benzene rings is 1. The third kappa shape index (κ3) is 3.73. The highest BCUT2D eigenvalue weighted by Gasteiger charge is 2.08. The summed E-state index contributed by atoms with van der Waals surface area (Å²) < 4.78 is 0. The van der Waals surface area contributed by atoms with Crippen molar-refractivity contribution in [2.45, 2.75) is 26.3 Å². The van der Waals surface area contributed by atoms with E-state index < -0.39 is 0 Å². The van der Waals surface area contributed by atoms with Crippen LogP contribution in [0.15, 0.2) is 24.3 Å². The monoisotopic (exact) mass is 219 g/mol. The Morgan fingerprint density at radius 1 is 1.44 bits per heavy atom. The minimum atomic E-state index is -0.0717. The third-order valence-corrected chi connectivity index (χ3v) is 2.22. The highest BCUT2D eigenvalue weighted by atomic mass is 16.1. The topological polar surface area (TPSA) is 79.0 Å². The van der Waals surface area contributed by atoms with Crippen LogP contribution < -0.4 is 11.1 Å². The Morgan fingerprint density at radius 3 is 2.50 bits per heavy atom. The number of hydrogen-bond donors (Lipinski definition) is 3. The molecular formula is C12H17N3O. The smallest absolute Gasteiger partial charge is 0.217 e. The molecule has 0 heterocycles. The van der Waals surface area contributed by atoms with Crippen molar-refractivity contribution in [1.29, 1.82) is 5.41 Å². The molecule has 0 aliphatic rings. The molecule has 0 aromatic heterocycles. The summed E-state index contributed by atoms with van der Waals surface area (Å²) in [5, 5.41) is 10.6. The minimum absolute atomic E-state index is 0.0254. The maximum atomic E-state index is 10.8. The van der Waals surface area contributed by atoms with Gasteiger partial charge in [0.15, 0.2) is 0 Å². The Kier molecular flexibility index (Phi) is 4.05. The number of carbonyl (C=O) groups is 1. The van der Waals surface area contributed by atoms with E-state index in [9.17, 15) is 4.79 Å². The molecule has 4 nitrogen and oxygen atoms in total. The van der Waals surface area contributed by atoms with Gasteiger partial charge in [-0.05, 0) is 24.6 Å². The lowest BCUT2D eigenvalue weighted by Gasteiger charge is -2.13. The van der Waals surface area contributed by atoms with Gasteiger partial charge in [-0.15, -0.1) is 0 Å². The first-order valence-electron chi connectivity index (χ1n) is 5.19. The average Bonchev–Trinajstić information content (AvgIpc) is 2.16. The van der Waals surface area contributed by atoms with E-state index in [0.717, 1.165) is 5.56 Å². The van der Waals surface area contributed by atoms with Crippen molar-refractivity contribution in [2.24, 2.45) is 0 Å². The molecule has 86 valence electrons. The van der Waals surface area contributed by atoms with Crippen LogP contribution in [0, 0.1) is 5.41 Å². The zero-order valence-electron chi connectivity index (χ0n) is 9.58. The van der Waals surface area contributed by atoms with Crippen LogP contribution in [0.1, 0.15) is 25.8 Å². The summed E-state index contributed by atoms with van der Waals surface area (Å²) in [6, 6.07) is 7.15. The van der Waals surface area contributed by atoms with Crippen LogP contribution in [0.2, 0.25) is 0 Å². The molecule has 1 amide bonds. The van der Waals surface area contributed by atoms with Crippen LogP contribution in [0.4, 0.5) is 5.69 Å². The molecule has 0 saturated carbocycles. The van der Waals surface area contributed by atoms with E-state index in [-0.39, 0.29) is 11.9 Å². The predicted octanol–water partition coefficient (Wildman–Crippen LogP) is 1.55. The molecule has 1 rings (SSSR count). The number of amides is 1. The van der Waals surface area contributed by atoms with Crippen molar-refractivity contribution >= 4 is 17.3 Å². The number of carbonyl (C=O) groups excluding carboxylic acids is 1. The van der Waals surface area contributed by atoms with Gasteiger partial charge in [0.2, 0.25) is 5.91 Å². The number of rotatable bonds is 4. The Balaban J connectivity index is 2.58. The fraction of sp³-hybridized carbons (Fsp3) is 0.333. The van der Waals surface area contributed by atoms with Crippen molar-refractivity contribution in [1.82, 2.24) is 5.32 Å². The lowest BCUT2D eigenvalue weighted by molar-refractivity contribution is -0.119. The van der Waals surface area contributed by atoms with E-state index in [1.807, 2.05) is 19.1 Å². The molecule has 0 bridgehead atoms. The summed E-state index contributed by atoms with van der Waals surface area (Å²) in [6.45, 7) is 3.36.